The van der Waals surface area contributed by atoms with Gasteiger partial charge in [0.2, 0.25) is 0 Å². The highest BCUT2D eigenvalue weighted by molar-refractivity contribution is 4.98. The van der Waals surface area contributed by atoms with E-state index < -0.39 is 0 Å². The predicted molar refractivity (Wildman–Crippen MR) is 59.1 cm³/mol. The molecule has 0 aromatic carbocycles. The van der Waals surface area contributed by atoms with Crippen LogP contribution in [0.4, 0.5) is 0 Å². The van der Waals surface area contributed by atoms with E-state index in [1.165, 1.54) is 5.69 Å². The van der Waals surface area contributed by atoms with Crippen LogP contribution in [-0.4, -0.2) is 16.3 Å². The second-order valence-corrected chi connectivity index (χ2v) is 4.17. The molecule has 0 spiro atoms. The molecule has 0 fully saturated rings. The van der Waals surface area contributed by atoms with E-state index in [-0.39, 0.29) is 0 Å². The summed E-state index contributed by atoms with van der Waals surface area (Å²) in [6.45, 7) is 6.20. The van der Waals surface area contributed by atoms with Gasteiger partial charge in [0.05, 0.1) is 5.69 Å². The number of nitrogens with zero attached hydrogens (tertiary/aromatic N) is 2. The Morgan fingerprint density at radius 1 is 1.43 bits per heavy atom. The topological polar surface area (TPSA) is 43.8 Å². The highest BCUT2D eigenvalue weighted by Gasteiger charge is 2.00. The van der Waals surface area contributed by atoms with Gasteiger partial charge in [-0.1, -0.05) is 13.8 Å². The summed E-state index contributed by atoms with van der Waals surface area (Å²) in [5.74, 6) is 0.659. The van der Waals surface area contributed by atoms with Crippen LogP contribution in [0.2, 0.25) is 0 Å². The monoisotopic (exact) mass is 195 g/mol. The van der Waals surface area contributed by atoms with Gasteiger partial charge < -0.3 is 5.73 Å². The van der Waals surface area contributed by atoms with Crippen molar-refractivity contribution in [1.29, 1.82) is 0 Å². The van der Waals surface area contributed by atoms with Gasteiger partial charge in [-0.25, -0.2) is 0 Å². The number of nitrogens with two attached hydrogens (primary N) is 1. The molecule has 0 saturated heterocycles. The molecule has 14 heavy (non-hydrogen) atoms. The molecule has 0 amide bonds. The number of aryl methyl sites for hydroxylation is 1. The van der Waals surface area contributed by atoms with Crippen molar-refractivity contribution in [2.75, 3.05) is 6.54 Å². The standard InChI is InChI=1S/C11H21N3/c1-10(2)9-14-8-6-11(13-14)5-3-4-7-12/h6,8,10H,3-5,7,9,12H2,1-2H3. The first kappa shape index (κ1) is 11.2. The minimum Gasteiger partial charge on any atom is -0.330 e. The second kappa shape index (κ2) is 5.81. The Balaban J connectivity index is 2.35. The van der Waals surface area contributed by atoms with E-state index in [0.717, 1.165) is 32.4 Å². The molecule has 2 N–H and O–H groups in total. The van der Waals surface area contributed by atoms with Crippen molar-refractivity contribution in [3.63, 3.8) is 0 Å². The maximum Gasteiger partial charge on any atom is 0.0624 e. The van der Waals surface area contributed by atoms with Crippen LogP contribution in [0, 0.1) is 5.92 Å². The van der Waals surface area contributed by atoms with Gasteiger partial charge >= 0.3 is 0 Å². The maximum atomic E-state index is 5.44. The predicted octanol–water partition coefficient (Wildman–Crippen LogP) is 1.82. The molecule has 1 aromatic rings. The first-order chi connectivity index (χ1) is 6.72. The van der Waals surface area contributed by atoms with Crippen LogP contribution in [0.25, 0.3) is 0 Å². The van der Waals surface area contributed by atoms with E-state index in [1.807, 2.05) is 4.68 Å². The number of aromatic nitrogens is 2. The Kier molecular flexibility index (Phi) is 4.66. The third-order valence-corrected chi connectivity index (χ3v) is 2.14. The highest BCUT2D eigenvalue weighted by atomic mass is 15.3. The molecule has 1 aromatic heterocycles. The van der Waals surface area contributed by atoms with E-state index in [0.29, 0.717) is 5.92 Å². The van der Waals surface area contributed by atoms with E-state index in [9.17, 15) is 0 Å². The Bertz CT molecular complexity index is 253. The first-order valence-corrected chi connectivity index (χ1v) is 5.44. The smallest absolute Gasteiger partial charge is 0.0624 e. The molecule has 0 aliphatic carbocycles. The average Bonchev–Trinajstić information content (AvgIpc) is 2.52. The number of hydrogen-bond donors (Lipinski definition) is 1. The van der Waals surface area contributed by atoms with Gasteiger partial charge in [0.25, 0.3) is 0 Å². The molecule has 3 heteroatoms. The molecule has 0 aliphatic heterocycles. The van der Waals surface area contributed by atoms with E-state index in [2.05, 4.69) is 31.2 Å². The highest BCUT2D eigenvalue weighted by Crippen LogP contribution is 2.04. The van der Waals surface area contributed by atoms with Crippen molar-refractivity contribution >= 4 is 0 Å². The van der Waals surface area contributed by atoms with Crippen LogP contribution >= 0.6 is 0 Å². The second-order valence-electron chi connectivity index (χ2n) is 4.17. The van der Waals surface area contributed by atoms with Crippen LogP contribution in [0.3, 0.4) is 0 Å². The lowest BCUT2D eigenvalue weighted by Crippen LogP contribution is -2.05. The third-order valence-electron chi connectivity index (χ3n) is 2.14. The lowest BCUT2D eigenvalue weighted by atomic mass is 10.2. The van der Waals surface area contributed by atoms with Crippen LogP contribution in [-0.2, 0) is 13.0 Å². The lowest BCUT2D eigenvalue weighted by molar-refractivity contribution is 0.479. The Labute approximate surface area is 86.3 Å². The van der Waals surface area contributed by atoms with Crippen molar-refractivity contribution < 1.29 is 0 Å². The van der Waals surface area contributed by atoms with E-state index >= 15 is 0 Å². The third kappa shape index (κ3) is 3.92. The molecule has 0 radical (unpaired) electrons. The van der Waals surface area contributed by atoms with Gasteiger partial charge in [0.1, 0.15) is 0 Å². The Morgan fingerprint density at radius 3 is 2.86 bits per heavy atom. The Hall–Kier alpha value is -0.830. The van der Waals surface area contributed by atoms with Gasteiger partial charge in [-0.3, -0.25) is 4.68 Å². The molecule has 0 saturated carbocycles. The molecule has 0 unspecified atom stereocenters. The fourth-order valence-corrected chi connectivity index (χ4v) is 1.46. The minimum absolute atomic E-state index is 0.659. The largest absolute Gasteiger partial charge is 0.330 e. The fraction of sp³-hybridized carbons (Fsp3) is 0.727. The van der Waals surface area contributed by atoms with Crippen molar-refractivity contribution in [3.05, 3.63) is 18.0 Å². The summed E-state index contributed by atoms with van der Waals surface area (Å²) in [6, 6.07) is 2.11. The summed E-state index contributed by atoms with van der Waals surface area (Å²) in [4.78, 5) is 0. The molecule has 0 atom stereocenters. The van der Waals surface area contributed by atoms with Gasteiger partial charge in [-0.15, -0.1) is 0 Å². The zero-order valence-corrected chi connectivity index (χ0v) is 9.24. The molecule has 0 aliphatic rings. The molecule has 1 rings (SSSR count). The number of hydrogen-bond acceptors (Lipinski definition) is 2. The lowest BCUT2D eigenvalue weighted by Gasteiger charge is -2.03. The zero-order valence-electron chi connectivity index (χ0n) is 9.24. The summed E-state index contributed by atoms with van der Waals surface area (Å²) in [5, 5.41) is 4.50. The molecule has 1 heterocycles. The zero-order chi connectivity index (χ0) is 10.4. The molecule has 3 nitrogen and oxygen atoms in total. The van der Waals surface area contributed by atoms with Gasteiger partial charge in [0, 0.05) is 12.7 Å². The van der Waals surface area contributed by atoms with Gasteiger partial charge in [0.15, 0.2) is 0 Å². The van der Waals surface area contributed by atoms with Crippen molar-refractivity contribution in [2.24, 2.45) is 11.7 Å². The van der Waals surface area contributed by atoms with E-state index in [4.69, 9.17) is 5.73 Å². The average molecular weight is 195 g/mol. The van der Waals surface area contributed by atoms with Crippen LogP contribution in [0.1, 0.15) is 32.4 Å². The molecular weight excluding hydrogens is 174 g/mol. The summed E-state index contributed by atoms with van der Waals surface area (Å²) < 4.78 is 2.03. The van der Waals surface area contributed by atoms with Gasteiger partial charge in [-0.05, 0) is 37.8 Å². The summed E-state index contributed by atoms with van der Waals surface area (Å²) in [7, 11) is 0. The maximum absolute atomic E-state index is 5.44. The van der Waals surface area contributed by atoms with Crippen molar-refractivity contribution in [1.82, 2.24) is 9.78 Å². The van der Waals surface area contributed by atoms with Gasteiger partial charge in [-0.2, -0.15) is 5.10 Å². The summed E-state index contributed by atoms with van der Waals surface area (Å²) in [6.07, 6.45) is 5.37. The first-order valence-electron chi connectivity index (χ1n) is 5.44. The Morgan fingerprint density at radius 2 is 2.21 bits per heavy atom. The molecule has 80 valence electrons. The summed E-state index contributed by atoms with van der Waals surface area (Å²) >= 11 is 0. The van der Waals surface area contributed by atoms with E-state index in [1.54, 1.807) is 0 Å². The number of unbranched alkanes of at least 4 members (excludes halogenated alkanes) is 1. The fourth-order valence-electron chi connectivity index (χ4n) is 1.46. The van der Waals surface area contributed by atoms with Crippen molar-refractivity contribution in [2.45, 2.75) is 39.7 Å². The van der Waals surface area contributed by atoms with Crippen LogP contribution in [0.5, 0.6) is 0 Å². The van der Waals surface area contributed by atoms with Crippen molar-refractivity contribution in [3.8, 4) is 0 Å². The summed E-state index contributed by atoms with van der Waals surface area (Å²) in [5.41, 5.74) is 6.63. The molecular formula is C11H21N3. The normalized spacial score (nSPS) is 11.1. The SMILES string of the molecule is CC(C)Cn1ccc(CCCCN)n1. The minimum atomic E-state index is 0.659. The number of rotatable bonds is 6. The van der Waals surface area contributed by atoms with Crippen LogP contribution < -0.4 is 5.73 Å². The van der Waals surface area contributed by atoms with Crippen LogP contribution in [0.15, 0.2) is 12.3 Å². The quantitative estimate of drug-likeness (QED) is 0.704. The molecule has 0 bridgehead atoms.